The Bertz CT molecular complexity index is 667. The molecule has 178 valence electrons. The lowest BCUT2D eigenvalue weighted by Gasteiger charge is -2.50. The average molecular weight is 429 g/mol. The second kappa shape index (κ2) is 9.08. The van der Waals surface area contributed by atoms with E-state index in [1.165, 1.54) is 44.3 Å². The minimum atomic E-state index is 0.0320. The van der Waals surface area contributed by atoms with E-state index in [1.54, 1.807) is 0 Å². The van der Waals surface area contributed by atoms with Crippen LogP contribution in [0.1, 0.15) is 94.9 Å². The molecule has 2 bridgehead atoms. The van der Waals surface area contributed by atoms with Gasteiger partial charge in [0.05, 0.1) is 0 Å². The van der Waals surface area contributed by atoms with Gasteiger partial charge in [-0.3, -0.25) is 4.90 Å². The van der Waals surface area contributed by atoms with E-state index in [-0.39, 0.29) is 11.0 Å². The minimum Gasteiger partial charge on any atom is -0.381 e. The summed E-state index contributed by atoms with van der Waals surface area (Å²) < 4.78 is 0. The van der Waals surface area contributed by atoms with Crippen LogP contribution in [0.5, 0.6) is 0 Å². The average Bonchev–Trinajstić information content (AvgIpc) is 2.87. The number of likely N-dealkylation sites (tertiary alicyclic amines) is 1. The zero-order valence-corrected chi connectivity index (χ0v) is 22.5. The molecule has 1 aliphatic heterocycles. The first-order chi connectivity index (χ1) is 13.9. The third-order valence-corrected chi connectivity index (χ3v) is 7.97. The highest BCUT2D eigenvalue weighted by Gasteiger charge is 2.50. The summed E-state index contributed by atoms with van der Waals surface area (Å²) in [5.74, 6) is 2.60. The molecule has 1 N–H and O–H groups in total. The summed E-state index contributed by atoms with van der Waals surface area (Å²) in [6.45, 7) is 34.6. The Morgan fingerprint density at radius 2 is 1.35 bits per heavy atom. The lowest BCUT2D eigenvalue weighted by Crippen LogP contribution is -2.53. The maximum atomic E-state index is 4.42. The molecular formula is C29H52N2. The molecule has 0 aromatic rings. The predicted octanol–water partition coefficient (Wildman–Crippen LogP) is 7.59. The number of nitrogens with zero attached hydrogens (tertiary/aromatic N) is 1. The molecule has 1 aliphatic carbocycles. The summed E-state index contributed by atoms with van der Waals surface area (Å²) in [5, 5.41) is 3.43. The molecule has 2 aliphatic rings. The molecule has 2 nitrogen and oxygen atoms in total. The van der Waals surface area contributed by atoms with E-state index in [9.17, 15) is 0 Å². The first-order valence-corrected chi connectivity index (χ1v) is 12.5. The monoisotopic (exact) mass is 428 g/mol. The summed E-state index contributed by atoms with van der Waals surface area (Å²) in [6, 6.07) is 0. The second-order valence-corrected chi connectivity index (χ2v) is 13.8. The van der Waals surface area contributed by atoms with Crippen LogP contribution in [0.25, 0.3) is 0 Å². The highest BCUT2D eigenvalue weighted by molar-refractivity contribution is 5.28. The van der Waals surface area contributed by atoms with Crippen molar-refractivity contribution in [3.8, 4) is 0 Å². The van der Waals surface area contributed by atoms with Crippen molar-refractivity contribution < 1.29 is 0 Å². The minimum absolute atomic E-state index is 0.0320. The zero-order valence-electron chi connectivity index (χ0n) is 22.5. The van der Waals surface area contributed by atoms with Crippen LogP contribution in [-0.4, -0.2) is 29.1 Å². The Labute approximate surface area is 194 Å². The molecule has 1 saturated carbocycles. The Hall–Kier alpha value is -1.02. The van der Waals surface area contributed by atoms with Crippen molar-refractivity contribution in [1.82, 2.24) is 10.2 Å². The highest BCUT2D eigenvalue weighted by Crippen LogP contribution is 2.54. The van der Waals surface area contributed by atoms with Crippen LogP contribution in [-0.2, 0) is 0 Å². The van der Waals surface area contributed by atoms with Gasteiger partial charge in [0.1, 0.15) is 0 Å². The molecule has 0 aromatic carbocycles. The fourth-order valence-corrected chi connectivity index (χ4v) is 5.96. The predicted molar refractivity (Wildman–Crippen MR) is 138 cm³/mol. The smallest absolute Gasteiger partial charge is 0.0289 e. The number of allylic oxidation sites excluding steroid dienone is 3. The molecule has 2 atom stereocenters. The Morgan fingerprint density at radius 3 is 1.81 bits per heavy atom. The van der Waals surface area contributed by atoms with Crippen molar-refractivity contribution in [3.63, 3.8) is 0 Å². The van der Waals surface area contributed by atoms with Crippen LogP contribution < -0.4 is 5.32 Å². The van der Waals surface area contributed by atoms with Crippen LogP contribution in [0.3, 0.4) is 0 Å². The van der Waals surface area contributed by atoms with Crippen LogP contribution in [0.4, 0.5) is 0 Å². The molecule has 2 heteroatoms. The Morgan fingerprint density at radius 1 is 0.839 bits per heavy atom. The van der Waals surface area contributed by atoms with Crippen LogP contribution in [0, 0.1) is 28.6 Å². The SMILES string of the molecule is C=C(/C=C\C(=C)C(C)(C)CCC(C)(C)C1C2CCC1CN(C(C)(C)C)C2)NC(C)(C)C. The summed E-state index contributed by atoms with van der Waals surface area (Å²) >= 11 is 0. The van der Waals surface area contributed by atoms with Gasteiger partial charge in [-0.15, -0.1) is 0 Å². The summed E-state index contributed by atoms with van der Waals surface area (Å²) in [5.41, 5.74) is 2.96. The first kappa shape index (κ1) is 26.2. The number of hydrogen-bond donors (Lipinski definition) is 1. The van der Waals surface area contributed by atoms with Crippen LogP contribution in [0.15, 0.2) is 36.6 Å². The van der Waals surface area contributed by atoms with Gasteiger partial charge in [-0.2, -0.15) is 0 Å². The van der Waals surface area contributed by atoms with E-state index in [1.807, 2.05) is 0 Å². The Kier molecular flexibility index (Phi) is 7.69. The lowest BCUT2D eigenvalue weighted by atomic mass is 9.63. The van der Waals surface area contributed by atoms with Crippen LogP contribution in [0.2, 0.25) is 0 Å². The molecule has 31 heavy (non-hydrogen) atoms. The molecule has 2 fully saturated rings. The van der Waals surface area contributed by atoms with Gasteiger partial charge in [0.2, 0.25) is 0 Å². The molecule has 0 radical (unpaired) electrons. The maximum Gasteiger partial charge on any atom is 0.0289 e. The van der Waals surface area contributed by atoms with Gasteiger partial charge in [-0.05, 0) is 107 Å². The van der Waals surface area contributed by atoms with E-state index < -0.39 is 0 Å². The number of hydrogen-bond acceptors (Lipinski definition) is 2. The summed E-state index contributed by atoms with van der Waals surface area (Å²) in [4.78, 5) is 2.75. The topological polar surface area (TPSA) is 15.3 Å². The molecule has 2 unspecified atom stereocenters. The standard InChI is InChI=1S/C29H52N2/c1-21(13-14-22(2)30-26(3,4)5)28(9,10)17-18-29(11,12)25-23-15-16-24(25)20-31(19-23)27(6,7)8/h13-14,23-25,30H,1-2,15-20H2,3-12H3/b14-13-. The molecule has 0 aromatic heterocycles. The van der Waals surface area contributed by atoms with E-state index in [0.717, 1.165) is 23.5 Å². The third kappa shape index (κ3) is 6.98. The van der Waals surface area contributed by atoms with Gasteiger partial charge < -0.3 is 5.32 Å². The second-order valence-electron chi connectivity index (χ2n) is 13.8. The third-order valence-electron chi connectivity index (χ3n) is 7.97. The lowest BCUT2D eigenvalue weighted by molar-refractivity contribution is -0.0144. The number of piperidine rings is 1. The van der Waals surface area contributed by atoms with Crippen molar-refractivity contribution in [2.45, 2.75) is 106 Å². The molecular weight excluding hydrogens is 376 g/mol. The quantitative estimate of drug-likeness (QED) is 0.401. The van der Waals surface area contributed by atoms with Crippen molar-refractivity contribution in [2.24, 2.45) is 28.6 Å². The summed E-state index contributed by atoms with van der Waals surface area (Å²) in [6.07, 6.45) is 9.55. The van der Waals surface area contributed by atoms with E-state index in [0.29, 0.717) is 11.0 Å². The van der Waals surface area contributed by atoms with Crippen molar-refractivity contribution >= 4 is 0 Å². The van der Waals surface area contributed by atoms with Gasteiger partial charge in [0.15, 0.2) is 0 Å². The number of nitrogens with one attached hydrogen (secondary N) is 1. The van der Waals surface area contributed by atoms with Gasteiger partial charge in [0, 0.05) is 29.9 Å². The number of rotatable bonds is 8. The van der Waals surface area contributed by atoms with Crippen LogP contribution >= 0.6 is 0 Å². The molecule has 1 saturated heterocycles. The molecule has 0 amide bonds. The normalized spacial score (nSPS) is 25.8. The fraction of sp³-hybridized carbons (Fsp3) is 0.793. The first-order valence-electron chi connectivity index (χ1n) is 12.5. The molecule has 1 heterocycles. The number of fused-ring (bicyclic) bond motifs is 2. The van der Waals surface area contributed by atoms with Gasteiger partial charge >= 0.3 is 0 Å². The van der Waals surface area contributed by atoms with Gasteiger partial charge in [-0.1, -0.05) is 46.9 Å². The fourth-order valence-electron chi connectivity index (χ4n) is 5.96. The van der Waals surface area contributed by atoms with E-state index >= 15 is 0 Å². The van der Waals surface area contributed by atoms with Crippen molar-refractivity contribution in [3.05, 3.63) is 36.6 Å². The van der Waals surface area contributed by atoms with Gasteiger partial charge in [-0.25, -0.2) is 0 Å². The van der Waals surface area contributed by atoms with Crippen molar-refractivity contribution in [1.29, 1.82) is 0 Å². The van der Waals surface area contributed by atoms with Crippen molar-refractivity contribution in [2.75, 3.05) is 13.1 Å². The Balaban J connectivity index is 1.98. The van der Waals surface area contributed by atoms with E-state index in [4.69, 9.17) is 0 Å². The van der Waals surface area contributed by atoms with Gasteiger partial charge in [0.25, 0.3) is 0 Å². The molecule has 0 spiro atoms. The largest absolute Gasteiger partial charge is 0.381 e. The zero-order chi connectivity index (χ0) is 23.8. The highest BCUT2D eigenvalue weighted by atomic mass is 15.2. The van der Waals surface area contributed by atoms with E-state index in [2.05, 4.69) is 105 Å². The molecule has 2 rings (SSSR count). The summed E-state index contributed by atoms with van der Waals surface area (Å²) in [7, 11) is 0. The maximum absolute atomic E-state index is 4.42.